The van der Waals surface area contributed by atoms with Crippen molar-refractivity contribution in [3.8, 4) is 0 Å². The van der Waals surface area contributed by atoms with E-state index in [1.807, 2.05) is 0 Å². The predicted molar refractivity (Wildman–Crippen MR) is 15.0 cm³/mol. The van der Waals surface area contributed by atoms with Gasteiger partial charge in [-0.1, -0.05) is 0 Å². The third-order valence-electron chi connectivity index (χ3n) is 0. The zero-order valence-corrected chi connectivity index (χ0v) is 1.97. The fourth-order valence-electron chi connectivity index (χ4n) is 0. The van der Waals surface area contributed by atoms with E-state index >= 15 is 0 Å². The van der Waals surface area contributed by atoms with Gasteiger partial charge in [-0.2, -0.15) is 0 Å². The Labute approximate surface area is 67.4 Å². The van der Waals surface area contributed by atoms with Crippen molar-refractivity contribution in [2.45, 2.75) is 0 Å². The molecule has 0 aliphatic heterocycles. The molecule has 4 heavy (non-hydrogen) atoms. The van der Waals surface area contributed by atoms with Crippen molar-refractivity contribution in [2.75, 3.05) is 0 Å². The van der Waals surface area contributed by atoms with Crippen LogP contribution in [0.5, 0.6) is 0 Å². The molecule has 0 N–H and O–H groups in total. The summed E-state index contributed by atoms with van der Waals surface area (Å²) in [6.07, 6.45) is 0. The zero-order valence-electron chi connectivity index (χ0n) is 0.786. The number of hydrogen-bond acceptors (Lipinski definition) is 1. The second-order valence-electron chi connectivity index (χ2n) is 0. The monoisotopic (exact) mass is 103 g/mol. The molecule has 0 atom stereocenters. The molecule has 0 bridgehead atoms. The molecular formula is H2LiMnNaO. The van der Waals surface area contributed by atoms with E-state index in [1.54, 1.807) is 15.9 Å². The van der Waals surface area contributed by atoms with E-state index < -0.39 is 0 Å². The van der Waals surface area contributed by atoms with E-state index in [0.717, 1.165) is 0 Å². The van der Waals surface area contributed by atoms with Crippen molar-refractivity contribution in [1.82, 2.24) is 0 Å². The van der Waals surface area contributed by atoms with E-state index in [9.17, 15) is 0 Å². The van der Waals surface area contributed by atoms with Gasteiger partial charge in [-0.3, -0.25) is 0 Å². The van der Waals surface area contributed by atoms with Crippen LogP contribution in [0.25, 0.3) is 0 Å². The Kier molecular flexibility index (Phi) is 86.3. The normalized spacial score (nSPS) is 1.00. The maximum atomic E-state index is 8.06. The summed E-state index contributed by atoms with van der Waals surface area (Å²) < 4.78 is 8.06. The van der Waals surface area contributed by atoms with Crippen molar-refractivity contribution in [3.63, 3.8) is 0 Å². The first-order valence-corrected chi connectivity index (χ1v) is 0.636. The van der Waals surface area contributed by atoms with Crippen LogP contribution in [-0.2, 0) is 19.8 Å². The summed E-state index contributed by atoms with van der Waals surface area (Å²) in [6, 6.07) is 0. The third-order valence-corrected chi connectivity index (χ3v) is 0. The first-order valence-electron chi connectivity index (χ1n) is 0.154. The number of rotatable bonds is 0. The molecule has 0 aliphatic rings. The molecule has 0 saturated carbocycles. The second-order valence-corrected chi connectivity index (χ2v) is 0. The van der Waals surface area contributed by atoms with E-state index in [4.69, 9.17) is 3.83 Å². The molecule has 0 unspecified atom stereocenters. The summed E-state index contributed by atoms with van der Waals surface area (Å²) in [6.45, 7) is 0. The Morgan fingerprint density at radius 2 is 1.25 bits per heavy atom. The van der Waals surface area contributed by atoms with Crippen molar-refractivity contribution >= 4 is 48.4 Å². The van der Waals surface area contributed by atoms with Gasteiger partial charge in [0.2, 0.25) is 0 Å². The fourth-order valence-corrected chi connectivity index (χ4v) is 0. The molecule has 0 aromatic rings. The molecule has 0 heterocycles. The van der Waals surface area contributed by atoms with Crippen molar-refractivity contribution in [2.24, 2.45) is 0 Å². The molecule has 0 rings (SSSR count). The van der Waals surface area contributed by atoms with Gasteiger partial charge in [-0.05, 0) is 0 Å². The van der Waals surface area contributed by atoms with Gasteiger partial charge in [0, 0.05) is 0 Å². The Bertz CT molecular complexity index is 8.00. The third kappa shape index (κ3) is 9.07. The van der Waals surface area contributed by atoms with Crippen LogP contribution in [0, 0.1) is 0 Å². The van der Waals surface area contributed by atoms with E-state index in [1.165, 1.54) is 0 Å². The quantitative estimate of drug-likeness (QED) is 0.344. The van der Waals surface area contributed by atoms with Gasteiger partial charge < -0.3 is 0 Å². The summed E-state index contributed by atoms with van der Waals surface area (Å²) in [7, 11) is 0. The predicted octanol–water partition coefficient (Wildman–Crippen LogP) is -1.42. The van der Waals surface area contributed by atoms with Crippen molar-refractivity contribution in [1.29, 1.82) is 0 Å². The van der Waals surface area contributed by atoms with Crippen LogP contribution in [0.1, 0.15) is 0 Å². The summed E-state index contributed by atoms with van der Waals surface area (Å²) in [4.78, 5) is 0. The van der Waals surface area contributed by atoms with Crippen LogP contribution in [-0.4, -0.2) is 48.4 Å². The molecule has 0 aromatic carbocycles. The Morgan fingerprint density at radius 1 is 1.25 bits per heavy atom. The summed E-state index contributed by atoms with van der Waals surface area (Å²) in [5.41, 5.74) is 0. The first-order chi connectivity index (χ1) is 1.00. The average molecular weight is 103 g/mol. The minimum atomic E-state index is 0. The van der Waals surface area contributed by atoms with Crippen molar-refractivity contribution in [3.05, 3.63) is 0 Å². The molecule has 0 saturated heterocycles. The SMILES string of the molecule is [LiH].[NaH].[O]=[Mn]. The van der Waals surface area contributed by atoms with Crippen LogP contribution >= 0.6 is 0 Å². The van der Waals surface area contributed by atoms with Gasteiger partial charge in [0.15, 0.2) is 0 Å². The first kappa shape index (κ1) is 16.8. The fraction of sp³-hybridized carbons (Fsp3) is 0. The topological polar surface area (TPSA) is 17.1 Å². The van der Waals surface area contributed by atoms with Gasteiger partial charge >= 0.3 is 68.2 Å². The zero-order chi connectivity index (χ0) is 2.00. The molecule has 0 aliphatic carbocycles. The molecule has 0 spiro atoms. The van der Waals surface area contributed by atoms with Crippen LogP contribution in [0.2, 0.25) is 0 Å². The van der Waals surface area contributed by atoms with Crippen LogP contribution in [0.3, 0.4) is 0 Å². The Hall–Kier alpha value is 1.92. The van der Waals surface area contributed by atoms with Crippen LogP contribution in [0.4, 0.5) is 0 Å². The number of hydrogen-bond donors (Lipinski definition) is 0. The maximum absolute atomic E-state index is 8.06. The molecule has 0 fully saturated rings. The Balaban J connectivity index is -0.00000000500. The summed E-state index contributed by atoms with van der Waals surface area (Å²) in [5.74, 6) is 0. The van der Waals surface area contributed by atoms with E-state index in [2.05, 4.69) is 0 Å². The van der Waals surface area contributed by atoms with Crippen molar-refractivity contribution < 1.29 is 19.8 Å². The molecule has 0 amide bonds. The average Bonchev–Trinajstić information content (AvgIpc) is 1.00. The van der Waals surface area contributed by atoms with Gasteiger partial charge in [0.05, 0.1) is 0 Å². The molecule has 0 aromatic heterocycles. The molecule has 4 heteroatoms. The second kappa shape index (κ2) is 20.5. The summed E-state index contributed by atoms with van der Waals surface area (Å²) >= 11 is 1.69. The molecule has 0 radical (unpaired) electrons. The van der Waals surface area contributed by atoms with Gasteiger partial charge in [-0.15, -0.1) is 0 Å². The standard InChI is InChI=1S/Li.Mn.Na.O.2H. The molecular weight excluding hydrogens is 101 g/mol. The summed E-state index contributed by atoms with van der Waals surface area (Å²) in [5, 5.41) is 0. The van der Waals surface area contributed by atoms with Gasteiger partial charge in [0.25, 0.3) is 0 Å². The van der Waals surface area contributed by atoms with E-state index in [0.29, 0.717) is 0 Å². The molecule has 1 nitrogen and oxygen atoms in total. The molecule has 17 valence electrons. The Morgan fingerprint density at radius 3 is 1.25 bits per heavy atom. The minimum absolute atomic E-state index is 0. The van der Waals surface area contributed by atoms with Gasteiger partial charge in [-0.25, -0.2) is 0 Å². The van der Waals surface area contributed by atoms with Crippen LogP contribution in [0.15, 0.2) is 0 Å². The van der Waals surface area contributed by atoms with E-state index in [-0.39, 0.29) is 48.4 Å². The van der Waals surface area contributed by atoms with Gasteiger partial charge in [0.1, 0.15) is 0 Å². The van der Waals surface area contributed by atoms with Crippen LogP contribution < -0.4 is 0 Å².